The zero-order valence-corrected chi connectivity index (χ0v) is 16.3. The number of aromatic nitrogens is 2. The van der Waals surface area contributed by atoms with Crippen molar-refractivity contribution in [1.82, 2.24) is 24.9 Å². The normalized spacial score (nSPS) is 14.5. The van der Waals surface area contributed by atoms with E-state index in [2.05, 4.69) is 50.3 Å². The van der Waals surface area contributed by atoms with Crippen molar-refractivity contribution in [2.45, 2.75) is 39.0 Å². The number of hydrogen-bond acceptors (Lipinski definition) is 4. The molecule has 2 aromatic rings. The zero-order valence-electron chi connectivity index (χ0n) is 16.3. The van der Waals surface area contributed by atoms with Gasteiger partial charge in [-0.05, 0) is 36.6 Å². The number of carbonyl (C=O) groups is 1. The van der Waals surface area contributed by atoms with E-state index in [1.165, 1.54) is 21.7 Å². The quantitative estimate of drug-likeness (QED) is 0.809. The van der Waals surface area contributed by atoms with Gasteiger partial charge >= 0.3 is 6.03 Å². The van der Waals surface area contributed by atoms with E-state index < -0.39 is 0 Å². The molecule has 7 nitrogen and oxygen atoms in total. The fourth-order valence-electron chi connectivity index (χ4n) is 3.37. The van der Waals surface area contributed by atoms with Crippen LogP contribution < -0.4 is 11.1 Å². The Balaban J connectivity index is 1.60. The number of urea groups is 1. The predicted molar refractivity (Wildman–Crippen MR) is 106 cm³/mol. The molecule has 0 saturated heterocycles. The molecule has 3 rings (SSSR count). The lowest BCUT2D eigenvalue weighted by Crippen LogP contribution is -2.34. The Morgan fingerprint density at radius 2 is 1.96 bits per heavy atom. The van der Waals surface area contributed by atoms with Gasteiger partial charge in [0.25, 0.3) is 0 Å². The second-order valence-corrected chi connectivity index (χ2v) is 7.32. The van der Waals surface area contributed by atoms with E-state index in [1.807, 2.05) is 0 Å². The average Bonchev–Trinajstić information content (AvgIpc) is 2.93. The first kappa shape index (κ1) is 19.4. The number of fused-ring (bicyclic) bond motifs is 1. The molecule has 2 amide bonds. The number of carbonyl (C=O) groups excluding carboxylic acids is 1. The van der Waals surface area contributed by atoms with E-state index >= 15 is 0 Å². The van der Waals surface area contributed by atoms with Crippen LogP contribution in [0.2, 0.25) is 0 Å². The molecule has 1 aliphatic heterocycles. The first-order valence-corrected chi connectivity index (χ1v) is 9.56. The fraction of sp³-hybridized carbons (Fsp3) is 0.500. The summed E-state index contributed by atoms with van der Waals surface area (Å²) in [5, 5.41) is 7.54. The predicted octanol–water partition coefficient (Wildman–Crippen LogP) is 1.56. The molecular weight excluding hydrogens is 340 g/mol. The van der Waals surface area contributed by atoms with Gasteiger partial charge in [-0.15, -0.1) is 0 Å². The largest absolute Gasteiger partial charge is 0.332 e. The Labute approximate surface area is 161 Å². The summed E-state index contributed by atoms with van der Waals surface area (Å²) in [5.41, 5.74) is 10.4. The molecule has 0 unspecified atom stereocenters. The van der Waals surface area contributed by atoms with Crippen molar-refractivity contribution in [3.8, 4) is 0 Å². The second kappa shape index (κ2) is 9.01. The number of amides is 2. The smallest absolute Gasteiger partial charge is 0.317 e. The van der Waals surface area contributed by atoms with Crippen molar-refractivity contribution >= 4 is 6.03 Å². The van der Waals surface area contributed by atoms with Crippen molar-refractivity contribution in [2.75, 3.05) is 27.2 Å². The lowest BCUT2D eigenvalue weighted by molar-refractivity contribution is 0.217. The maximum absolute atomic E-state index is 11.7. The third-order valence-electron chi connectivity index (χ3n) is 4.83. The van der Waals surface area contributed by atoms with Gasteiger partial charge in [0.1, 0.15) is 0 Å². The summed E-state index contributed by atoms with van der Waals surface area (Å²) in [6.45, 7) is 4.93. The van der Waals surface area contributed by atoms with Crippen molar-refractivity contribution in [2.24, 2.45) is 5.73 Å². The maximum atomic E-state index is 11.7. The SMILES string of the molecule is CN(C)C(=O)NCc1cc2n(n1)CCCN(Cc1ccc(CCN)cc1)C2. The number of nitrogens with one attached hydrogen (secondary N) is 1. The highest BCUT2D eigenvalue weighted by atomic mass is 16.2. The molecule has 0 radical (unpaired) electrons. The monoisotopic (exact) mass is 370 g/mol. The van der Waals surface area contributed by atoms with Gasteiger partial charge in [0.05, 0.1) is 17.9 Å². The van der Waals surface area contributed by atoms with E-state index in [1.54, 1.807) is 14.1 Å². The van der Waals surface area contributed by atoms with Crippen LogP contribution in [0.15, 0.2) is 30.3 Å². The summed E-state index contributed by atoms with van der Waals surface area (Å²) < 4.78 is 2.08. The summed E-state index contributed by atoms with van der Waals surface area (Å²) >= 11 is 0. The van der Waals surface area contributed by atoms with Crippen LogP contribution in [-0.2, 0) is 32.6 Å². The molecule has 0 saturated carbocycles. The third-order valence-corrected chi connectivity index (χ3v) is 4.83. The number of nitrogens with zero attached hydrogens (tertiary/aromatic N) is 4. The number of benzene rings is 1. The van der Waals surface area contributed by atoms with E-state index in [9.17, 15) is 4.79 Å². The molecular formula is C20H30N6O. The lowest BCUT2D eigenvalue weighted by atomic mass is 10.1. The number of nitrogens with two attached hydrogens (primary N) is 1. The standard InChI is InChI=1S/C20H30N6O/c1-24(2)20(27)22-13-18-12-19-15-25(10-3-11-26(19)23-18)14-17-6-4-16(5-7-17)8-9-21/h4-7,12H,3,8-11,13-15,21H2,1-2H3,(H,22,27). The first-order chi connectivity index (χ1) is 13.0. The molecule has 2 heterocycles. The van der Waals surface area contributed by atoms with Crippen molar-refractivity contribution < 1.29 is 4.79 Å². The van der Waals surface area contributed by atoms with Crippen LogP contribution in [0, 0.1) is 0 Å². The molecule has 1 aromatic carbocycles. The molecule has 146 valence electrons. The average molecular weight is 371 g/mol. The lowest BCUT2D eigenvalue weighted by Gasteiger charge is -2.19. The van der Waals surface area contributed by atoms with Crippen LogP contribution in [0.3, 0.4) is 0 Å². The van der Waals surface area contributed by atoms with Crippen LogP contribution in [0.5, 0.6) is 0 Å². The first-order valence-electron chi connectivity index (χ1n) is 9.56. The van der Waals surface area contributed by atoms with Crippen LogP contribution in [0.1, 0.15) is 28.9 Å². The number of rotatable bonds is 6. The summed E-state index contributed by atoms with van der Waals surface area (Å²) in [7, 11) is 3.47. The Morgan fingerprint density at radius 1 is 1.22 bits per heavy atom. The van der Waals surface area contributed by atoms with Gasteiger partial charge in [-0.25, -0.2) is 4.79 Å². The summed E-state index contributed by atoms with van der Waals surface area (Å²) in [5.74, 6) is 0. The third kappa shape index (κ3) is 5.30. The van der Waals surface area contributed by atoms with Gasteiger partial charge in [0.15, 0.2) is 0 Å². The Kier molecular flexibility index (Phi) is 6.47. The highest BCUT2D eigenvalue weighted by molar-refractivity contribution is 5.73. The van der Waals surface area contributed by atoms with E-state index in [0.717, 1.165) is 44.7 Å². The van der Waals surface area contributed by atoms with Gasteiger partial charge in [-0.3, -0.25) is 9.58 Å². The minimum absolute atomic E-state index is 0.0992. The molecule has 7 heteroatoms. The Bertz CT molecular complexity index is 752. The van der Waals surface area contributed by atoms with Gasteiger partial charge in [-0.2, -0.15) is 5.10 Å². The molecule has 27 heavy (non-hydrogen) atoms. The summed E-state index contributed by atoms with van der Waals surface area (Å²) in [6.07, 6.45) is 2.00. The molecule has 0 spiro atoms. The highest BCUT2D eigenvalue weighted by Gasteiger charge is 2.17. The minimum atomic E-state index is -0.0992. The molecule has 0 aliphatic carbocycles. The molecule has 3 N–H and O–H groups in total. The van der Waals surface area contributed by atoms with E-state index in [-0.39, 0.29) is 6.03 Å². The van der Waals surface area contributed by atoms with Gasteiger partial charge in [-0.1, -0.05) is 24.3 Å². The van der Waals surface area contributed by atoms with Gasteiger partial charge in [0, 0.05) is 40.3 Å². The van der Waals surface area contributed by atoms with Gasteiger partial charge in [0.2, 0.25) is 0 Å². The summed E-state index contributed by atoms with van der Waals surface area (Å²) in [6, 6.07) is 10.8. The van der Waals surface area contributed by atoms with Crippen molar-refractivity contribution in [3.05, 3.63) is 52.8 Å². The molecule has 0 fully saturated rings. The molecule has 0 atom stereocenters. The van der Waals surface area contributed by atoms with Crippen molar-refractivity contribution in [1.29, 1.82) is 0 Å². The highest BCUT2D eigenvalue weighted by Crippen LogP contribution is 2.17. The number of aryl methyl sites for hydroxylation is 1. The van der Waals surface area contributed by atoms with Crippen LogP contribution in [-0.4, -0.2) is 52.8 Å². The van der Waals surface area contributed by atoms with Crippen LogP contribution in [0.4, 0.5) is 4.79 Å². The topological polar surface area (TPSA) is 79.4 Å². The summed E-state index contributed by atoms with van der Waals surface area (Å²) in [4.78, 5) is 15.7. The van der Waals surface area contributed by atoms with Gasteiger partial charge < -0.3 is 16.0 Å². The van der Waals surface area contributed by atoms with Crippen LogP contribution >= 0.6 is 0 Å². The van der Waals surface area contributed by atoms with E-state index in [0.29, 0.717) is 13.1 Å². The minimum Gasteiger partial charge on any atom is -0.332 e. The fourth-order valence-corrected chi connectivity index (χ4v) is 3.37. The Hall–Kier alpha value is -2.38. The molecule has 0 bridgehead atoms. The molecule has 1 aromatic heterocycles. The second-order valence-electron chi connectivity index (χ2n) is 7.32. The maximum Gasteiger partial charge on any atom is 0.317 e. The molecule has 1 aliphatic rings. The van der Waals surface area contributed by atoms with Crippen molar-refractivity contribution in [3.63, 3.8) is 0 Å². The number of hydrogen-bond donors (Lipinski definition) is 2. The zero-order chi connectivity index (χ0) is 19.2. The van der Waals surface area contributed by atoms with Crippen LogP contribution in [0.25, 0.3) is 0 Å². The Morgan fingerprint density at radius 3 is 2.67 bits per heavy atom. The van der Waals surface area contributed by atoms with E-state index in [4.69, 9.17) is 5.73 Å².